The second-order valence-corrected chi connectivity index (χ2v) is 6.94. The van der Waals surface area contributed by atoms with E-state index in [0.717, 1.165) is 62.8 Å². The molecule has 0 saturated carbocycles. The molecule has 1 aliphatic heterocycles. The van der Waals surface area contributed by atoms with Gasteiger partial charge in [0.25, 0.3) is 5.91 Å². The van der Waals surface area contributed by atoms with Crippen LogP contribution in [0.25, 0.3) is 5.82 Å². The quantitative estimate of drug-likeness (QED) is 0.856. The highest BCUT2D eigenvalue weighted by atomic mass is 16.2. The van der Waals surface area contributed by atoms with Crippen molar-refractivity contribution in [1.29, 1.82) is 0 Å². The van der Waals surface area contributed by atoms with Crippen LogP contribution in [0.2, 0.25) is 0 Å². The van der Waals surface area contributed by atoms with E-state index in [2.05, 4.69) is 47.5 Å². The Hall–Kier alpha value is -2.08. The lowest BCUT2D eigenvalue weighted by molar-refractivity contribution is 0.0761. The van der Waals surface area contributed by atoms with E-state index in [-0.39, 0.29) is 5.91 Å². The number of hydrogen-bond acceptors (Lipinski definition) is 3. The molecule has 1 aliphatic rings. The molecule has 6 nitrogen and oxygen atoms in total. The van der Waals surface area contributed by atoms with E-state index in [1.807, 2.05) is 11.9 Å². The summed E-state index contributed by atoms with van der Waals surface area (Å²) in [4.78, 5) is 17.7. The van der Waals surface area contributed by atoms with Crippen molar-refractivity contribution in [1.82, 2.24) is 24.1 Å². The highest BCUT2D eigenvalue weighted by molar-refractivity contribution is 5.97. The van der Waals surface area contributed by atoms with Crippen LogP contribution in [0.5, 0.6) is 0 Å². The molecule has 0 spiro atoms. The lowest BCUT2D eigenvalue weighted by Crippen LogP contribution is -2.35. The summed E-state index contributed by atoms with van der Waals surface area (Å²) in [6.07, 6.45) is 3.90. The lowest BCUT2D eigenvalue weighted by atomic mass is 10.2. The highest BCUT2D eigenvalue weighted by Gasteiger charge is 2.25. The van der Waals surface area contributed by atoms with E-state index in [1.54, 1.807) is 10.9 Å². The number of amides is 1. The average molecular weight is 343 g/mol. The lowest BCUT2D eigenvalue weighted by Gasteiger charge is -2.22. The zero-order valence-electron chi connectivity index (χ0n) is 15.8. The third-order valence-electron chi connectivity index (χ3n) is 5.04. The number of carbonyl (C=O) groups is 1. The summed E-state index contributed by atoms with van der Waals surface area (Å²) >= 11 is 0. The Morgan fingerprint density at radius 1 is 1.12 bits per heavy atom. The van der Waals surface area contributed by atoms with Crippen LogP contribution in [0, 0.1) is 13.8 Å². The fraction of sp³-hybridized carbons (Fsp3) is 0.579. The van der Waals surface area contributed by atoms with Gasteiger partial charge in [-0.2, -0.15) is 5.10 Å². The van der Waals surface area contributed by atoms with Gasteiger partial charge >= 0.3 is 0 Å². The van der Waals surface area contributed by atoms with E-state index >= 15 is 0 Å². The van der Waals surface area contributed by atoms with Crippen LogP contribution in [-0.2, 0) is 7.05 Å². The number of rotatable bonds is 4. The minimum atomic E-state index is 0.0916. The number of aryl methyl sites for hydroxylation is 3. The van der Waals surface area contributed by atoms with Gasteiger partial charge in [0.1, 0.15) is 11.4 Å². The Morgan fingerprint density at radius 2 is 1.84 bits per heavy atom. The van der Waals surface area contributed by atoms with Crippen LogP contribution in [-0.4, -0.2) is 62.8 Å². The molecular formula is C19H29N5O. The Kier molecular flexibility index (Phi) is 5.27. The molecule has 0 aliphatic carbocycles. The molecule has 2 aromatic rings. The van der Waals surface area contributed by atoms with Gasteiger partial charge in [-0.15, -0.1) is 0 Å². The molecule has 0 radical (unpaired) electrons. The van der Waals surface area contributed by atoms with Crippen molar-refractivity contribution >= 4 is 5.91 Å². The van der Waals surface area contributed by atoms with Crippen molar-refractivity contribution in [3.05, 3.63) is 35.3 Å². The Bertz CT molecular complexity index is 726. The zero-order chi connectivity index (χ0) is 18.0. The summed E-state index contributed by atoms with van der Waals surface area (Å²) in [6.45, 7) is 11.1. The van der Waals surface area contributed by atoms with Crippen LogP contribution in [0.3, 0.4) is 0 Å². The molecule has 6 heteroatoms. The van der Waals surface area contributed by atoms with Crippen molar-refractivity contribution in [2.75, 3.05) is 32.7 Å². The first-order valence-corrected chi connectivity index (χ1v) is 9.22. The second kappa shape index (κ2) is 7.44. The topological polar surface area (TPSA) is 46.3 Å². The van der Waals surface area contributed by atoms with E-state index in [4.69, 9.17) is 0 Å². The number of nitrogens with zero attached hydrogens (tertiary/aromatic N) is 5. The molecule has 25 heavy (non-hydrogen) atoms. The van der Waals surface area contributed by atoms with Gasteiger partial charge in [-0.25, -0.2) is 0 Å². The van der Waals surface area contributed by atoms with E-state index < -0.39 is 0 Å². The van der Waals surface area contributed by atoms with Crippen molar-refractivity contribution < 1.29 is 4.79 Å². The van der Waals surface area contributed by atoms with Crippen LogP contribution < -0.4 is 0 Å². The molecule has 0 unspecified atom stereocenters. The van der Waals surface area contributed by atoms with Gasteiger partial charge in [0, 0.05) is 38.1 Å². The predicted octanol–water partition coefficient (Wildman–Crippen LogP) is 2.39. The fourth-order valence-electron chi connectivity index (χ4n) is 3.73. The SMILES string of the molecule is CCCN1CCCN(C(=O)c2cnn(C)c2-n2c(C)ccc2C)CC1. The molecule has 3 heterocycles. The van der Waals surface area contributed by atoms with Crippen LogP contribution in [0.1, 0.15) is 41.5 Å². The largest absolute Gasteiger partial charge is 0.337 e. The summed E-state index contributed by atoms with van der Waals surface area (Å²) in [5.41, 5.74) is 2.91. The maximum atomic E-state index is 13.2. The van der Waals surface area contributed by atoms with Gasteiger partial charge in [-0.05, 0) is 51.9 Å². The molecule has 1 saturated heterocycles. The van der Waals surface area contributed by atoms with Crippen molar-refractivity contribution in [2.24, 2.45) is 7.05 Å². The molecule has 0 aromatic carbocycles. The maximum absolute atomic E-state index is 13.2. The number of aromatic nitrogens is 3. The monoisotopic (exact) mass is 343 g/mol. The van der Waals surface area contributed by atoms with E-state index in [9.17, 15) is 4.79 Å². The molecule has 1 fully saturated rings. The van der Waals surface area contributed by atoms with Gasteiger partial charge in [0.15, 0.2) is 0 Å². The summed E-state index contributed by atoms with van der Waals surface area (Å²) in [6, 6.07) is 4.15. The van der Waals surface area contributed by atoms with Crippen molar-refractivity contribution in [2.45, 2.75) is 33.6 Å². The summed E-state index contributed by atoms with van der Waals surface area (Å²) in [5.74, 6) is 0.952. The van der Waals surface area contributed by atoms with E-state index in [1.165, 1.54) is 0 Å². The maximum Gasteiger partial charge on any atom is 0.259 e. The molecule has 3 rings (SSSR count). The van der Waals surface area contributed by atoms with Crippen molar-refractivity contribution in [3.8, 4) is 5.82 Å². The molecule has 0 N–H and O–H groups in total. The molecular weight excluding hydrogens is 314 g/mol. The number of hydrogen-bond donors (Lipinski definition) is 0. The van der Waals surface area contributed by atoms with E-state index in [0.29, 0.717) is 5.56 Å². The standard InChI is InChI=1S/C19H29N5O/c1-5-9-22-10-6-11-23(13-12-22)19(25)17-14-20-21(4)18(17)24-15(2)7-8-16(24)3/h7-8,14H,5-6,9-13H2,1-4H3. The minimum absolute atomic E-state index is 0.0916. The Morgan fingerprint density at radius 3 is 2.52 bits per heavy atom. The predicted molar refractivity (Wildman–Crippen MR) is 99.3 cm³/mol. The number of carbonyl (C=O) groups excluding carboxylic acids is 1. The van der Waals surface area contributed by atoms with Crippen LogP contribution in [0.15, 0.2) is 18.3 Å². The summed E-state index contributed by atoms with van der Waals surface area (Å²) in [5, 5.41) is 4.38. The minimum Gasteiger partial charge on any atom is -0.337 e. The van der Waals surface area contributed by atoms with Gasteiger partial charge in [0.05, 0.1) is 6.20 Å². The molecule has 136 valence electrons. The molecule has 2 aromatic heterocycles. The first kappa shape index (κ1) is 17.7. The van der Waals surface area contributed by atoms with Crippen LogP contribution in [0.4, 0.5) is 0 Å². The fourth-order valence-corrected chi connectivity index (χ4v) is 3.73. The van der Waals surface area contributed by atoms with Gasteiger partial charge in [-0.3, -0.25) is 9.48 Å². The smallest absolute Gasteiger partial charge is 0.259 e. The summed E-state index contributed by atoms with van der Waals surface area (Å²) in [7, 11) is 1.90. The third-order valence-corrected chi connectivity index (χ3v) is 5.04. The van der Waals surface area contributed by atoms with Gasteiger partial charge in [0.2, 0.25) is 0 Å². The third kappa shape index (κ3) is 3.49. The molecule has 0 bridgehead atoms. The second-order valence-electron chi connectivity index (χ2n) is 6.94. The van der Waals surface area contributed by atoms with Gasteiger partial charge in [-0.1, -0.05) is 6.92 Å². The van der Waals surface area contributed by atoms with Gasteiger partial charge < -0.3 is 14.4 Å². The first-order chi connectivity index (χ1) is 12.0. The molecule has 0 atom stereocenters. The van der Waals surface area contributed by atoms with Crippen molar-refractivity contribution in [3.63, 3.8) is 0 Å². The first-order valence-electron chi connectivity index (χ1n) is 9.22. The van der Waals surface area contributed by atoms with Crippen LogP contribution >= 0.6 is 0 Å². The normalized spacial score (nSPS) is 16.2. The molecule has 1 amide bonds. The summed E-state index contributed by atoms with van der Waals surface area (Å²) < 4.78 is 3.91. The average Bonchev–Trinajstić information content (AvgIpc) is 3.01. The Labute approximate surface area is 150 Å². The zero-order valence-corrected chi connectivity index (χ0v) is 15.8. The Balaban J connectivity index is 1.87. The highest BCUT2D eigenvalue weighted by Crippen LogP contribution is 2.21.